The van der Waals surface area contributed by atoms with E-state index in [-0.39, 0.29) is 5.60 Å². The molecule has 0 bridgehead atoms. The first kappa shape index (κ1) is 15.0. The van der Waals surface area contributed by atoms with E-state index in [1.54, 1.807) is 0 Å². The van der Waals surface area contributed by atoms with Gasteiger partial charge in [0, 0.05) is 13.2 Å². The maximum absolute atomic E-state index is 6.26. The summed E-state index contributed by atoms with van der Waals surface area (Å²) in [5, 5.41) is 3.49. The molecule has 1 saturated carbocycles. The number of hydrogen-bond donors (Lipinski definition) is 1. The molecule has 2 nitrogen and oxygen atoms in total. The van der Waals surface area contributed by atoms with Crippen molar-refractivity contribution in [3.63, 3.8) is 0 Å². The number of hydrogen-bond acceptors (Lipinski definition) is 2. The zero-order chi connectivity index (χ0) is 12.6. The zero-order valence-electron chi connectivity index (χ0n) is 12.1. The van der Waals surface area contributed by atoms with Crippen LogP contribution in [0.5, 0.6) is 0 Å². The molecule has 1 aliphatic rings. The Morgan fingerprint density at radius 3 is 2.47 bits per heavy atom. The van der Waals surface area contributed by atoms with Crippen LogP contribution in [0.15, 0.2) is 0 Å². The minimum absolute atomic E-state index is 0.149. The summed E-state index contributed by atoms with van der Waals surface area (Å²) >= 11 is 0. The minimum atomic E-state index is 0.149. The summed E-state index contributed by atoms with van der Waals surface area (Å²) in [6, 6.07) is 0. The quantitative estimate of drug-likeness (QED) is 0.653. The first-order valence-electron chi connectivity index (χ1n) is 7.57. The van der Waals surface area contributed by atoms with Gasteiger partial charge in [-0.2, -0.15) is 0 Å². The first-order valence-corrected chi connectivity index (χ1v) is 7.57. The van der Waals surface area contributed by atoms with Gasteiger partial charge in [0.15, 0.2) is 0 Å². The number of unbranched alkanes of at least 4 members (excludes halogenated alkanes) is 2. The van der Waals surface area contributed by atoms with Gasteiger partial charge < -0.3 is 10.1 Å². The standard InChI is InChI=1S/C15H31NO/c1-4-6-7-12-17-15(13-16-5-2)10-8-14(3)9-11-15/h14,16H,4-13H2,1-3H3. The molecule has 0 amide bonds. The van der Waals surface area contributed by atoms with Crippen molar-refractivity contribution >= 4 is 0 Å². The van der Waals surface area contributed by atoms with E-state index >= 15 is 0 Å². The molecule has 1 aliphatic carbocycles. The van der Waals surface area contributed by atoms with Crippen molar-refractivity contribution in [2.45, 2.75) is 71.3 Å². The molecule has 0 unspecified atom stereocenters. The molecular weight excluding hydrogens is 210 g/mol. The van der Waals surface area contributed by atoms with Gasteiger partial charge in [0.05, 0.1) is 5.60 Å². The highest BCUT2D eigenvalue weighted by atomic mass is 16.5. The SMILES string of the molecule is CCCCCOC1(CNCC)CCC(C)CC1. The fourth-order valence-electron chi connectivity index (χ4n) is 2.65. The lowest BCUT2D eigenvalue weighted by Crippen LogP contribution is -2.46. The van der Waals surface area contributed by atoms with Crippen molar-refractivity contribution in [2.75, 3.05) is 19.7 Å². The van der Waals surface area contributed by atoms with Gasteiger partial charge in [-0.05, 0) is 44.6 Å². The van der Waals surface area contributed by atoms with E-state index in [4.69, 9.17) is 4.74 Å². The normalized spacial score (nSPS) is 29.5. The van der Waals surface area contributed by atoms with Crippen LogP contribution in [0.3, 0.4) is 0 Å². The van der Waals surface area contributed by atoms with Crippen LogP contribution in [0.25, 0.3) is 0 Å². The van der Waals surface area contributed by atoms with Crippen LogP contribution in [0.4, 0.5) is 0 Å². The lowest BCUT2D eigenvalue weighted by molar-refractivity contribution is -0.0760. The molecule has 0 atom stereocenters. The van der Waals surface area contributed by atoms with Crippen LogP contribution < -0.4 is 5.32 Å². The molecule has 0 aromatic heterocycles. The van der Waals surface area contributed by atoms with Crippen LogP contribution in [0, 0.1) is 5.92 Å². The van der Waals surface area contributed by atoms with Gasteiger partial charge in [0.25, 0.3) is 0 Å². The van der Waals surface area contributed by atoms with Crippen LogP contribution >= 0.6 is 0 Å². The van der Waals surface area contributed by atoms with Gasteiger partial charge in [-0.25, -0.2) is 0 Å². The molecule has 2 heteroatoms. The molecular formula is C15H31NO. The molecule has 0 radical (unpaired) electrons. The fraction of sp³-hybridized carbons (Fsp3) is 1.00. The molecule has 0 aliphatic heterocycles. The molecule has 102 valence electrons. The van der Waals surface area contributed by atoms with Crippen LogP contribution in [0.2, 0.25) is 0 Å². The Morgan fingerprint density at radius 1 is 1.18 bits per heavy atom. The van der Waals surface area contributed by atoms with Crippen LogP contribution in [0.1, 0.15) is 65.7 Å². The van der Waals surface area contributed by atoms with Crippen molar-refractivity contribution in [1.82, 2.24) is 5.32 Å². The van der Waals surface area contributed by atoms with Gasteiger partial charge in [0.2, 0.25) is 0 Å². The van der Waals surface area contributed by atoms with E-state index in [9.17, 15) is 0 Å². The second kappa shape index (κ2) is 8.10. The molecule has 17 heavy (non-hydrogen) atoms. The third-order valence-electron chi connectivity index (χ3n) is 4.04. The summed E-state index contributed by atoms with van der Waals surface area (Å²) in [5.41, 5.74) is 0.149. The molecule has 0 heterocycles. The number of ether oxygens (including phenoxy) is 1. The maximum Gasteiger partial charge on any atom is 0.0806 e. The van der Waals surface area contributed by atoms with E-state index in [0.29, 0.717) is 0 Å². The Labute approximate surface area is 108 Å². The molecule has 1 rings (SSSR count). The third kappa shape index (κ3) is 5.39. The van der Waals surface area contributed by atoms with Gasteiger partial charge in [-0.3, -0.25) is 0 Å². The molecule has 0 aromatic carbocycles. The lowest BCUT2D eigenvalue weighted by atomic mass is 9.79. The van der Waals surface area contributed by atoms with E-state index in [1.807, 2.05) is 0 Å². The Hall–Kier alpha value is -0.0800. The first-order chi connectivity index (χ1) is 8.22. The molecule has 1 fully saturated rings. The van der Waals surface area contributed by atoms with Crippen LogP contribution in [-0.2, 0) is 4.74 Å². The Bertz CT molecular complexity index is 180. The van der Waals surface area contributed by atoms with E-state index in [1.165, 1.54) is 44.9 Å². The van der Waals surface area contributed by atoms with Crippen molar-refractivity contribution < 1.29 is 4.74 Å². The highest BCUT2D eigenvalue weighted by Gasteiger charge is 2.34. The van der Waals surface area contributed by atoms with E-state index in [0.717, 1.165) is 25.6 Å². The summed E-state index contributed by atoms with van der Waals surface area (Å²) < 4.78 is 6.26. The second-order valence-corrected chi connectivity index (χ2v) is 5.70. The van der Waals surface area contributed by atoms with Crippen molar-refractivity contribution in [1.29, 1.82) is 0 Å². The Kier molecular flexibility index (Phi) is 7.14. The molecule has 0 spiro atoms. The number of rotatable bonds is 8. The predicted molar refractivity (Wildman–Crippen MR) is 74.4 cm³/mol. The second-order valence-electron chi connectivity index (χ2n) is 5.70. The molecule has 0 saturated heterocycles. The highest BCUT2D eigenvalue weighted by Crippen LogP contribution is 2.34. The van der Waals surface area contributed by atoms with Crippen molar-refractivity contribution in [2.24, 2.45) is 5.92 Å². The average molecular weight is 241 g/mol. The van der Waals surface area contributed by atoms with Crippen LogP contribution in [-0.4, -0.2) is 25.3 Å². The summed E-state index contributed by atoms with van der Waals surface area (Å²) in [4.78, 5) is 0. The Balaban J connectivity index is 2.36. The third-order valence-corrected chi connectivity index (χ3v) is 4.04. The van der Waals surface area contributed by atoms with E-state index in [2.05, 4.69) is 26.1 Å². The van der Waals surface area contributed by atoms with Crippen molar-refractivity contribution in [3.8, 4) is 0 Å². The largest absolute Gasteiger partial charge is 0.374 e. The smallest absolute Gasteiger partial charge is 0.0806 e. The summed E-state index contributed by atoms with van der Waals surface area (Å²) in [6.45, 7) is 9.84. The molecule has 0 aromatic rings. The lowest BCUT2D eigenvalue weighted by Gasteiger charge is -2.39. The van der Waals surface area contributed by atoms with E-state index < -0.39 is 0 Å². The fourth-order valence-corrected chi connectivity index (χ4v) is 2.65. The monoisotopic (exact) mass is 241 g/mol. The van der Waals surface area contributed by atoms with Gasteiger partial charge in [-0.1, -0.05) is 33.6 Å². The summed E-state index contributed by atoms with van der Waals surface area (Å²) in [5.74, 6) is 0.893. The molecule has 1 N–H and O–H groups in total. The number of nitrogens with one attached hydrogen (secondary N) is 1. The average Bonchev–Trinajstić information content (AvgIpc) is 2.36. The Morgan fingerprint density at radius 2 is 1.88 bits per heavy atom. The number of likely N-dealkylation sites (N-methyl/N-ethyl adjacent to an activating group) is 1. The minimum Gasteiger partial charge on any atom is -0.374 e. The van der Waals surface area contributed by atoms with Gasteiger partial charge in [0.1, 0.15) is 0 Å². The predicted octanol–water partition coefficient (Wildman–Crippen LogP) is 3.75. The van der Waals surface area contributed by atoms with Crippen molar-refractivity contribution in [3.05, 3.63) is 0 Å². The summed E-state index contributed by atoms with van der Waals surface area (Å²) in [6.07, 6.45) is 8.95. The zero-order valence-corrected chi connectivity index (χ0v) is 12.1. The topological polar surface area (TPSA) is 21.3 Å². The van der Waals surface area contributed by atoms with Gasteiger partial charge in [-0.15, -0.1) is 0 Å². The maximum atomic E-state index is 6.26. The highest BCUT2D eigenvalue weighted by molar-refractivity contribution is 4.88. The summed E-state index contributed by atoms with van der Waals surface area (Å²) in [7, 11) is 0. The van der Waals surface area contributed by atoms with Gasteiger partial charge >= 0.3 is 0 Å².